The fraction of sp³-hybridized carbons (Fsp3) is 0.364. The maximum Gasteiger partial charge on any atom is 0.240 e. The molecule has 0 bridgehead atoms. The van der Waals surface area contributed by atoms with Gasteiger partial charge in [0, 0.05) is 18.2 Å². The van der Waals surface area contributed by atoms with Crippen molar-refractivity contribution in [2.45, 2.75) is 18.9 Å². The Bertz CT molecular complexity index is 870. The van der Waals surface area contributed by atoms with Crippen LogP contribution in [0.1, 0.15) is 23.5 Å². The van der Waals surface area contributed by atoms with Crippen molar-refractivity contribution in [2.24, 2.45) is 5.41 Å². The van der Waals surface area contributed by atoms with Crippen molar-refractivity contribution in [2.75, 3.05) is 31.2 Å². The lowest BCUT2D eigenvalue weighted by Gasteiger charge is -2.33. The molecule has 2 aromatic rings. The Morgan fingerprint density at radius 3 is 2.71 bits per heavy atom. The fourth-order valence-electron chi connectivity index (χ4n) is 3.98. The third-order valence-electron chi connectivity index (χ3n) is 5.61. The molecule has 4 rings (SSSR count). The Morgan fingerprint density at radius 2 is 1.93 bits per heavy atom. The first-order valence-electron chi connectivity index (χ1n) is 9.56. The molecule has 0 aromatic heterocycles. The largest absolute Gasteiger partial charge is 0.395 e. The van der Waals surface area contributed by atoms with Gasteiger partial charge in [-0.25, -0.2) is 0 Å². The normalized spacial score (nSPS) is 22.4. The first-order chi connectivity index (χ1) is 13.7. The molecule has 28 heavy (non-hydrogen) atoms. The fourth-order valence-corrected chi connectivity index (χ4v) is 3.98. The van der Waals surface area contributed by atoms with Crippen molar-refractivity contribution in [3.05, 3.63) is 65.7 Å². The van der Waals surface area contributed by atoms with Gasteiger partial charge in [0.1, 0.15) is 6.54 Å². The average Bonchev–Trinajstić information content (AvgIpc) is 3.48. The molecule has 1 aliphatic heterocycles. The first kappa shape index (κ1) is 18.7. The monoisotopic (exact) mass is 380 g/mol. The minimum Gasteiger partial charge on any atom is -0.395 e. The zero-order valence-corrected chi connectivity index (χ0v) is 15.6. The van der Waals surface area contributed by atoms with Gasteiger partial charge < -0.3 is 20.1 Å². The van der Waals surface area contributed by atoms with Crippen LogP contribution in [-0.4, -0.2) is 43.2 Å². The van der Waals surface area contributed by atoms with Gasteiger partial charge in [0.15, 0.2) is 0 Å². The Morgan fingerprint density at radius 1 is 1.18 bits per heavy atom. The summed E-state index contributed by atoms with van der Waals surface area (Å²) in [5.41, 5.74) is 2.15. The maximum atomic E-state index is 12.9. The van der Waals surface area contributed by atoms with Gasteiger partial charge >= 0.3 is 0 Å². The van der Waals surface area contributed by atoms with Crippen molar-refractivity contribution < 1.29 is 19.4 Å². The van der Waals surface area contributed by atoms with Gasteiger partial charge in [0.2, 0.25) is 11.8 Å². The molecule has 1 fully saturated rings. The van der Waals surface area contributed by atoms with Crippen LogP contribution in [0.25, 0.3) is 0 Å². The van der Waals surface area contributed by atoms with Crippen molar-refractivity contribution >= 4 is 17.5 Å². The molecule has 6 nitrogen and oxygen atoms in total. The molecule has 0 spiro atoms. The van der Waals surface area contributed by atoms with Crippen molar-refractivity contribution in [3.8, 4) is 0 Å². The molecule has 2 aliphatic rings. The number of anilines is 1. The second kappa shape index (κ2) is 7.73. The van der Waals surface area contributed by atoms with Crippen molar-refractivity contribution in [1.82, 2.24) is 5.32 Å². The van der Waals surface area contributed by atoms with Crippen LogP contribution in [0.4, 0.5) is 5.69 Å². The number of fused-ring (bicyclic) bond motifs is 3. The van der Waals surface area contributed by atoms with E-state index >= 15 is 0 Å². The number of carbonyl (C=O) groups is 2. The highest BCUT2D eigenvalue weighted by atomic mass is 16.5. The van der Waals surface area contributed by atoms with E-state index in [1.807, 2.05) is 54.6 Å². The summed E-state index contributed by atoms with van der Waals surface area (Å²) >= 11 is 0. The van der Waals surface area contributed by atoms with E-state index in [-0.39, 0.29) is 30.9 Å². The quantitative estimate of drug-likeness (QED) is 0.685. The Hall–Kier alpha value is -2.70. The summed E-state index contributed by atoms with van der Waals surface area (Å²) in [5.74, 6) is -0.334. The Labute approximate surface area is 164 Å². The number of aliphatic hydroxyl groups is 1. The van der Waals surface area contributed by atoms with Crippen molar-refractivity contribution in [3.63, 3.8) is 0 Å². The highest BCUT2D eigenvalue weighted by Gasteiger charge is 2.65. The van der Waals surface area contributed by atoms with Crippen LogP contribution in [0.3, 0.4) is 0 Å². The summed E-state index contributed by atoms with van der Waals surface area (Å²) in [6, 6.07) is 17.5. The zero-order valence-electron chi connectivity index (χ0n) is 15.6. The number of hydrogen-bond donors (Lipinski definition) is 2. The van der Waals surface area contributed by atoms with Gasteiger partial charge in [-0.1, -0.05) is 48.5 Å². The summed E-state index contributed by atoms with van der Waals surface area (Å²) in [7, 11) is 0. The summed E-state index contributed by atoms with van der Waals surface area (Å²) in [6.07, 6.45) is 0.644. The average molecular weight is 380 g/mol. The predicted molar refractivity (Wildman–Crippen MR) is 105 cm³/mol. The molecular weight excluding hydrogens is 356 g/mol. The number of carbonyl (C=O) groups excluding carboxylic acids is 2. The molecule has 0 radical (unpaired) electrons. The second-order valence-corrected chi connectivity index (χ2v) is 7.41. The van der Waals surface area contributed by atoms with Crippen LogP contribution < -0.4 is 10.2 Å². The lowest BCUT2D eigenvalue weighted by Crippen LogP contribution is -2.48. The first-order valence-corrected chi connectivity index (χ1v) is 9.56. The molecule has 2 N–H and O–H groups in total. The van der Waals surface area contributed by atoms with Crippen LogP contribution in [0.5, 0.6) is 0 Å². The van der Waals surface area contributed by atoms with E-state index in [9.17, 15) is 14.7 Å². The number of para-hydroxylation sites is 1. The summed E-state index contributed by atoms with van der Waals surface area (Å²) in [6.45, 7) is 1.03. The van der Waals surface area contributed by atoms with E-state index in [0.29, 0.717) is 26.2 Å². The van der Waals surface area contributed by atoms with Gasteiger partial charge in [-0.2, -0.15) is 0 Å². The zero-order chi connectivity index (χ0) is 19.6. The van der Waals surface area contributed by atoms with Gasteiger partial charge in [0.25, 0.3) is 0 Å². The van der Waals surface area contributed by atoms with Crippen LogP contribution in [0.15, 0.2) is 54.6 Å². The molecule has 2 amide bonds. The number of benzene rings is 2. The second-order valence-electron chi connectivity index (χ2n) is 7.41. The number of nitrogens with zero attached hydrogens (tertiary/aromatic N) is 1. The summed E-state index contributed by atoms with van der Waals surface area (Å²) in [5, 5.41) is 12.6. The van der Waals surface area contributed by atoms with E-state index < -0.39 is 5.41 Å². The summed E-state index contributed by atoms with van der Waals surface area (Å²) < 4.78 is 5.57. The van der Waals surface area contributed by atoms with E-state index in [0.717, 1.165) is 16.8 Å². The minimum atomic E-state index is -0.743. The molecular formula is C22H24N2O4. The van der Waals surface area contributed by atoms with Gasteiger partial charge in [0.05, 0.1) is 25.2 Å². The number of rotatable bonds is 8. The van der Waals surface area contributed by atoms with Gasteiger partial charge in [-0.3, -0.25) is 9.59 Å². The van der Waals surface area contributed by atoms with Crippen LogP contribution >= 0.6 is 0 Å². The number of amides is 2. The molecule has 2 atom stereocenters. The number of ether oxygens (including phenoxy) is 1. The van der Waals surface area contributed by atoms with Crippen molar-refractivity contribution in [1.29, 1.82) is 0 Å². The standard InChI is InChI=1S/C22H24N2O4/c25-15-22-12-18(22)17-8-4-5-9-19(17)24(21(22)27)13-20(26)23-10-11-28-14-16-6-2-1-3-7-16/h1-9,18,25H,10-15H2,(H,23,26)/t18-,22+/m0/s1. The third kappa shape index (κ3) is 3.41. The Balaban J connectivity index is 1.31. The van der Waals surface area contributed by atoms with Crippen LogP contribution in [0, 0.1) is 5.41 Å². The lowest BCUT2D eigenvalue weighted by molar-refractivity contribution is -0.128. The van der Waals surface area contributed by atoms with Gasteiger partial charge in [-0.05, 0) is 23.6 Å². The predicted octanol–water partition coefficient (Wildman–Crippen LogP) is 1.83. The SMILES string of the molecule is O=C(CN1C(=O)[C@@]2(CO)C[C@H]2c2ccccc21)NCCOCc1ccccc1. The molecule has 1 heterocycles. The topological polar surface area (TPSA) is 78.9 Å². The number of aliphatic hydroxyl groups excluding tert-OH is 1. The number of nitrogens with one attached hydrogen (secondary N) is 1. The Kier molecular flexibility index (Phi) is 5.15. The van der Waals surface area contributed by atoms with E-state index in [1.54, 1.807) is 0 Å². The molecule has 0 saturated heterocycles. The minimum absolute atomic E-state index is 0.0526. The molecule has 146 valence electrons. The smallest absolute Gasteiger partial charge is 0.240 e. The lowest BCUT2D eigenvalue weighted by atomic mass is 9.92. The molecule has 1 aliphatic carbocycles. The third-order valence-corrected chi connectivity index (χ3v) is 5.61. The highest BCUT2D eigenvalue weighted by Crippen LogP contribution is 2.64. The van der Waals surface area contributed by atoms with Crippen LogP contribution in [-0.2, 0) is 20.9 Å². The van der Waals surface area contributed by atoms with E-state index in [1.165, 1.54) is 4.90 Å². The van der Waals surface area contributed by atoms with E-state index in [2.05, 4.69) is 5.32 Å². The summed E-state index contributed by atoms with van der Waals surface area (Å²) in [4.78, 5) is 26.8. The molecule has 6 heteroatoms. The molecule has 1 saturated carbocycles. The van der Waals surface area contributed by atoms with Gasteiger partial charge in [-0.15, -0.1) is 0 Å². The molecule has 2 aromatic carbocycles. The van der Waals surface area contributed by atoms with E-state index in [4.69, 9.17) is 4.74 Å². The number of hydrogen-bond acceptors (Lipinski definition) is 4. The maximum absolute atomic E-state index is 12.9. The van der Waals surface area contributed by atoms with Crippen LogP contribution in [0.2, 0.25) is 0 Å². The highest BCUT2D eigenvalue weighted by molar-refractivity contribution is 6.07. The molecule has 0 unspecified atom stereocenters.